The first-order valence-corrected chi connectivity index (χ1v) is 6.36. The molecule has 0 spiro atoms. The first kappa shape index (κ1) is 11.6. The summed E-state index contributed by atoms with van der Waals surface area (Å²) in [5.74, 6) is 2.83. The second-order valence-electron chi connectivity index (χ2n) is 5.34. The molecule has 90 valence electrons. The summed E-state index contributed by atoms with van der Waals surface area (Å²) in [5.41, 5.74) is 0. The first-order chi connectivity index (χ1) is 7.66. The Bertz CT molecular complexity index is 332. The van der Waals surface area contributed by atoms with Gasteiger partial charge in [-0.15, -0.1) is 0 Å². The molecule has 3 unspecified atom stereocenters. The molecule has 1 aliphatic carbocycles. The number of imidazole rings is 1. The minimum atomic E-state index is 0.674. The van der Waals surface area contributed by atoms with Crippen LogP contribution in [0.15, 0.2) is 12.4 Å². The quantitative estimate of drug-likeness (QED) is 0.849. The fourth-order valence-electron chi connectivity index (χ4n) is 2.76. The summed E-state index contributed by atoms with van der Waals surface area (Å²) in [6.07, 6.45) is 7.90. The molecular weight excluding hydrogens is 198 g/mol. The van der Waals surface area contributed by atoms with Gasteiger partial charge >= 0.3 is 0 Å². The highest BCUT2D eigenvalue weighted by atomic mass is 15.1. The maximum atomic E-state index is 4.34. The molecule has 2 rings (SSSR count). The Morgan fingerprint density at radius 2 is 2.25 bits per heavy atom. The van der Waals surface area contributed by atoms with E-state index < -0.39 is 0 Å². The zero-order valence-electron chi connectivity index (χ0n) is 10.6. The Kier molecular flexibility index (Phi) is 3.64. The van der Waals surface area contributed by atoms with E-state index in [1.54, 1.807) is 0 Å². The topological polar surface area (TPSA) is 29.9 Å². The van der Waals surface area contributed by atoms with Gasteiger partial charge in [0.1, 0.15) is 5.82 Å². The lowest BCUT2D eigenvalue weighted by molar-refractivity contribution is 0.226. The molecule has 0 bridgehead atoms. The van der Waals surface area contributed by atoms with E-state index in [0.717, 1.165) is 24.2 Å². The van der Waals surface area contributed by atoms with Crippen molar-refractivity contribution in [2.24, 2.45) is 18.9 Å². The third kappa shape index (κ3) is 2.64. The van der Waals surface area contributed by atoms with Gasteiger partial charge in [0.05, 0.1) is 6.54 Å². The molecule has 1 N–H and O–H groups in total. The SMILES string of the molecule is CC1CCC(NCc2nccn2C)C(C)C1. The summed E-state index contributed by atoms with van der Waals surface area (Å²) in [7, 11) is 2.05. The summed E-state index contributed by atoms with van der Waals surface area (Å²) in [6, 6.07) is 0.674. The summed E-state index contributed by atoms with van der Waals surface area (Å²) in [6.45, 7) is 5.63. The van der Waals surface area contributed by atoms with Gasteiger partial charge in [0, 0.05) is 25.5 Å². The standard InChI is InChI=1S/C13H23N3/c1-10-4-5-12(11(2)8-10)15-9-13-14-6-7-16(13)3/h6-7,10-12,15H,4-5,8-9H2,1-3H3. The van der Waals surface area contributed by atoms with E-state index in [-0.39, 0.29) is 0 Å². The van der Waals surface area contributed by atoms with E-state index in [4.69, 9.17) is 0 Å². The molecule has 3 nitrogen and oxygen atoms in total. The van der Waals surface area contributed by atoms with Crippen LogP contribution in [0.5, 0.6) is 0 Å². The fraction of sp³-hybridized carbons (Fsp3) is 0.769. The van der Waals surface area contributed by atoms with Gasteiger partial charge in [-0.05, 0) is 31.1 Å². The van der Waals surface area contributed by atoms with Crippen molar-refractivity contribution >= 4 is 0 Å². The van der Waals surface area contributed by atoms with Crippen LogP contribution in [0.3, 0.4) is 0 Å². The second kappa shape index (κ2) is 5.00. The van der Waals surface area contributed by atoms with Crippen LogP contribution >= 0.6 is 0 Å². The third-order valence-electron chi connectivity index (χ3n) is 3.87. The maximum absolute atomic E-state index is 4.34. The minimum Gasteiger partial charge on any atom is -0.337 e. The van der Waals surface area contributed by atoms with Gasteiger partial charge in [0.25, 0.3) is 0 Å². The van der Waals surface area contributed by atoms with Crippen LogP contribution in [0.4, 0.5) is 0 Å². The molecule has 0 aliphatic heterocycles. The van der Waals surface area contributed by atoms with Crippen LogP contribution in [0.25, 0.3) is 0 Å². The molecule has 1 aromatic rings. The van der Waals surface area contributed by atoms with Crippen molar-refractivity contribution in [3.05, 3.63) is 18.2 Å². The van der Waals surface area contributed by atoms with Crippen molar-refractivity contribution in [2.45, 2.75) is 45.7 Å². The number of aryl methyl sites for hydroxylation is 1. The number of nitrogens with one attached hydrogen (secondary N) is 1. The number of hydrogen-bond donors (Lipinski definition) is 1. The highest BCUT2D eigenvalue weighted by Crippen LogP contribution is 2.28. The average molecular weight is 221 g/mol. The fourth-order valence-corrected chi connectivity index (χ4v) is 2.76. The molecule has 1 aromatic heterocycles. The zero-order valence-corrected chi connectivity index (χ0v) is 10.6. The predicted molar refractivity (Wildman–Crippen MR) is 66.0 cm³/mol. The monoisotopic (exact) mass is 221 g/mol. The van der Waals surface area contributed by atoms with Crippen molar-refractivity contribution < 1.29 is 0 Å². The Labute approximate surface area is 98.3 Å². The number of aromatic nitrogens is 2. The predicted octanol–water partition coefficient (Wildman–Crippen LogP) is 2.33. The number of hydrogen-bond acceptors (Lipinski definition) is 2. The average Bonchev–Trinajstić information content (AvgIpc) is 2.63. The smallest absolute Gasteiger partial charge is 0.122 e. The van der Waals surface area contributed by atoms with Crippen LogP contribution in [0.1, 0.15) is 38.9 Å². The lowest BCUT2D eigenvalue weighted by atomic mass is 9.80. The molecule has 1 fully saturated rings. The Balaban J connectivity index is 1.84. The largest absolute Gasteiger partial charge is 0.337 e. The zero-order chi connectivity index (χ0) is 11.5. The van der Waals surface area contributed by atoms with Crippen LogP contribution in [0, 0.1) is 11.8 Å². The van der Waals surface area contributed by atoms with E-state index in [1.165, 1.54) is 19.3 Å². The van der Waals surface area contributed by atoms with Crippen molar-refractivity contribution in [3.63, 3.8) is 0 Å². The van der Waals surface area contributed by atoms with Gasteiger partial charge in [-0.3, -0.25) is 0 Å². The second-order valence-corrected chi connectivity index (χ2v) is 5.34. The lowest BCUT2D eigenvalue weighted by Crippen LogP contribution is -2.39. The van der Waals surface area contributed by atoms with E-state index >= 15 is 0 Å². The Morgan fingerprint density at radius 3 is 2.88 bits per heavy atom. The van der Waals surface area contributed by atoms with Crippen LogP contribution < -0.4 is 5.32 Å². The van der Waals surface area contributed by atoms with E-state index in [0.29, 0.717) is 6.04 Å². The molecule has 1 saturated carbocycles. The summed E-state index contributed by atoms with van der Waals surface area (Å²) >= 11 is 0. The van der Waals surface area contributed by atoms with Crippen molar-refractivity contribution in [2.75, 3.05) is 0 Å². The minimum absolute atomic E-state index is 0.674. The third-order valence-corrected chi connectivity index (χ3v) is 3.87. The normalized spacial score (nSPS) is 30.6. The molecule has 3 heteroatoms. The molecule has 0 saturated heterocycles. The Morgan fingerprint density at radius 1 is 1.44 bits per heavy atom. The highest BCUT2D eigenvalue weighted by Gasteiger charge is 2.24. The first-order valence-electron chi connectivity index (χ1n) is 6.36. The number of rotatable bonds is 3. The summed E-state index contributed by atoms with van der Waals surface area (Å²) < 4.78 is 2.09. The molecule has 0 amide bonds. The molecule has 0 aromatic carbocycles. The molecule has 1 heterocycles. The van der Waals surface area contributed by atoms with Crippen molar-refractivity contribution in [1.82, 2.24) is 14.9 Å². The van der Waals surface area contributed by atoms with Crippen molar-refractivity contribution in [1.29, 1.82) is 0 Å². The van der Waals surface area contributed by atoms with Gasteiger partial charge in [-0.2, -0.15) is 0 Å². The summed E-state index contributed by atoms with van der Waals surface area (Å²) in [5, 5.41) is 3.65. The van der Waals surface area contributed by atoms with Crippen LogP contribution in [0.2, 0.25) is 0 Å². The van der Waals surface area contributed by atoms with Gasteiger partial charge in [-0.25, -0.2) is 4.98 Å². The highest BCUT2D eigenvalue weighted by molar-refractivity contribution is 4.92. The van der Waals surface area contributed by atoms with Crippen LogP contribution in [-0.2, 0) is 13.6 Å². The van der Waals surface area contributed by atoms with E-state index in [2.05, 4.69) is 35.8 Å². The van der Waals surface area contributed by atoms with Gasteiger partial charge in [-0.1, -0.05) is 13.8 Å². The Hall–Kier alpha value is -0.830. The summed E-state index contributed by atoms with van der Waals surface area (Å²) in [4.78, 5) is 4.34. The lowest BCUT2D eigenvalue weighted by Gasteiger charge is -2.33. The van der Waals surface area contributed by atoms with Gasteiger partial charge < -0.3 is 9.88 Å². The van der Waals surface area contributed by atoms with E-state index in [1.807, 2.05) is 12.4 Å². The van der Waals surface area contributed by atoms with E-state index in [9.17, 15) is 0 Å². The molecule has 0 radical (unpaired) electrons. The van der Waals surface area contributed by atoms with Crippen LogP contribution in [-0.4, -0.2) is 15.6 Å². The number of nitrogens with zero attached hydrogens (tertiary/aromatic N) is 2. The molecule has 16 heavy (non-hydrogen) atoms. The van der Waals surface area contributed by atoms with Crippen molar-refractivity contribution in [3.8, 4) is 0 Å². The molecule has 3 atom stereocenters. The molecule has 1 aliphatic rings. The maximum Gasteiger partial charge on any atom is 0.122 e. The van der Waals surface area contributed by atoms with Gasteiger partial charge in [0.2, 0.25) is 0 Å². The van der Waals surface area contributed by atoms with Gasteiger partial charge in [0.15, 0.2) is 0 Å². The molecular formula is C13H23N3.